The van der Waals surface area contributed by atoms with E-state index in [2.05, 4.69) is 11.8 Å². The molecule has 0 aromatic heterocycles. The molecular weight excluding hydrogens is 243 g/mol. The summed E-state index contributed by atoms with van der Waals surface area (Å²) in [5, 5.41) is 8.62. The third kappa shape index (κ3) is 4.34. The molecule has 1 aromatic rings. The predicted octanol–water partition coefficient (Wildman–Crippen LogP) is 3.02. The molecule has 1 aliphatic carbocycles. The largest absolute Gasteiger partial charge is 0.395 e. The van der Waals surface area contributed by atoms with Gasteiger partial charge >= 0.3 is 0 Å². The Morgan fingerprint density at radius 3 is 2.79 bits per heavy atom. The Kier molecular flexibility index (Phi) is 5.38. The van der Waals surface area contributed by atoms with Crippen LogP contribution in [-0.2, 0) is 11.3 Å². The zero-order chi connectivity index (χ0) is 13.5. The van der Waals surface area contributed by atoms with E-state index >= 15 is 0 Å². The molecule has 0 spiro atoms. The fourth-order valence-electron chi connectivity index (χ4n) is 2.23. The standard InChI is InChI=1S/C16H19FO2/c17-16-11-13(5-3-4-10-18)8-9-14(16)12-19-15-6-1-2-7-15/h8-9,11,15,18H,1-2,4,6-7,10,12H2. The summed E-state index contributed by atoms with van der Waals surface area (Å²) in [5.74, 6) is 5.33. The van der Waals surface area contributed by atoms with Crippen molar-refractivity contribution in [1.29, 1.82) is 0 Å². The summed E-state index contributed by atoms with van der Waals surface area (Å²) in [6.45, 7) is 0.365. The minimum Gasteiger partial charge on any atom is -0.395 e. The van der Waals surface area contributed by atoms with E-state index in [0.29, 0.717) is 30.3 Å². The van der Waals surface area contributed by atoms with Gasteiger partial charge in [-0.15, -0.1) is 0 Å². The topological polar surface area (TPSA) is 29.5 Å². The molecular formula is C16H19FO2. The number of hydrogen-bond donors (Lipinski definition) is 1. The van der Waals surface area contributed by atoms with Gasteiger partial charge in [-0.05, 0) is 25.0 Å². The number of ether oxygens (including phenoxy) is 1. The molecule has 0 radical (unpaired) electrons. The molecule has 2 nitrogen and oxygen atoms in total. The highest BCUT2D eigenvalue weighted by molar-refractivity contribution is 5.36. The quantitative estimate of drug-likeness (QED) is 0.845. The normalized spacial score (nSPS) is 15.3. The molecule has 0 saturated heterocycles. The van der Waals surface area contributed by atoms with Crippen LogP contribution in [0.25, 0.3) is 0 Å². The third-order valence-corrected chi connectivity index (χ3v) is 3.30. The van der Waals surface area contributed by atoms with Crippen molar-refractivity contribution in [3.05, 3.63) is 35.1 Å². The summed E-state index contributed by atoms with van der Waals surface area (Å²) in [4.78, 5) is 0. The second-order valence-electron chi connectivity index (χ2n) is 4.80. The van der Waals surface area contributed by atoms with E-state index in [4.69, 9.17) is 9.84 Å². The molecule has 1 saturated carbocycles. The van der Waals surface area contributed by atoms with Gasteiger partial charge in [-0.1, -0.05) is 30.7 Å². The average molecular weight is 262 g/mol. The van der Waals surface area contributed by atoms with Crippen LogP contribution in [0.1, 0.15) is 43.2 Å². The minimum absolute atomic E-state index is 0.0305. The summed E-state index contributed by atoms with van der Waals surface area (Å²) in [7, 11) is 0. The van der Waals surface area contributed by atoms with Crippen LogP contribution in [0.4, 0.5) is 4.39 Å². The first-order valence-corrected chi connectivity index (χ1v) is 6.79. The molecule has 1 fully saturated rings. The van der Waals surface area contributed by atoms with Crippen molar-refractivity contribution >= 4 is 0 Å². The maximum atomic E-state index is 13.8. The van der Waals surface area contributed by atoms with E-state index < -0.39 is 0 Å². The lowest BCUT2D eigenvalue weighted by Gasteiger charge is -2.11. The molecule has 0 amide bonds. The fraction of sp³-hybridized carbons (Fsp3) is 0.500. The van der Waals surface area contributed by atoms with Crippen LogP contribution >= 0.6 is 0 Å². The summed E-state index contributed by atoms with van der Waals surface area (Å²) in [6.07, 6.45) is 5.31. The number of benzene rings is 1. The van der Waals surface area contributed by atoms with Crippen LogP contribution in [0.2, 0.25) is 0 Å². The van der Waals surface area contributed by atoms with Crippen LogP contribution in [-0.4, -0.2) is 17.8 Å². The van der Waals surface area contributed by atoms with Gasteiger partial charge in [-0.25, -0.2) is 4.39 Å². The van der Waals surface area contributed by atoms with E-state index in [1.807, 2.05) is 0 Å². The molecule has 0 unspecified atom stereocenters. The Morgan fingerprint density at radius 1 is 1.32 bits per heavy atom. The van der Waals surface area contributed by atoms with Gasteiger partial charge in [0.15, 0.2) is 0 Å². The van der Waals surface area contributed by atoms with Crippen molar-refractivity contribution in [2.45, 2.75) is 44.8 Å². The molecule has 1 aromatic carbocycles. The van der Waals surface area contributed by atoms with Crippen LogP contribution in [0, 0.1) is 17.7 Å². The summed E-state index contributed by atoms with van der Waals surface area (Å²) in [6, 6.07) is 4.95. The lowest BCUT2D eigenvalue weighted by Crippen LogP contribution is -2.08. The Labute approximate surface area is 113 Å². The van der Waals surface area contributed by atoms with Gasteiger partial charge in [-0.3, -0.25) is 0 Å². The van der Waals surface area contributed by atoms with E-state index in [1.165, 1.54) is 18.9 Å². The summed E-state index contributed by atoms with van der Waals surface area (Å²) < 4.78 is 19.5. The predicted molar refractivity (Wildman–Crippen MR) is 72.0 cm³/mol. The molecule has 0 aliphatic heterocycles. The van der Waals surface area contributed by atoms with Crippen molar-refractivity contribution in [1.82, 2.24) is 0 Å². The zero-order valence-corrected chi connectivity index (χ0v) is 11.0. The van der Waals surface area contributed by atoms with Crippen molar-refractivity contribution in [2.24, 2.45) is 0 Å². The van der Waals surface area contributed by atoms with Crippen molar-refractivity contribution in [2.75, 3.05) is 6.61 Å². The van der Waals surface area contributed by atoms with Crippen LogP contribution in [0.5, 0.6) is 0 Å². The average Bonchev–Trinajstić information content (AvgIpc) is 2.91. The second kappa shape index (κ2) is 7.28. The SMILES string of the molecule is OCCC#Cc1ccc(COC2CCCC2)c(F)c1. The van der Waals surface area contributed by atoms with E-state index in [1.54, 1.807) is 12.1 Å². The first-order valence-electron chi connectivity index (χ1n) is 6.79. The van der Waals surface area contributed by atoms with Gasteiger partial charge in [-0.2, -0.15) is 0 Å². The van der Waals surface area contributed by atoms with Gasteiger partial charge < -0.3 is 9.84 Å². The van der Waals surface area contributed by atoms with Crippen LogP contribution in [0.15, 0.2) is 18.2 Å². The van der Waals surface area contributed by atoms with Crippen molar-refractivity contribution in [3.63, 3.8) is 0 Å². The monoisotopic (exact) mass is 262 g/mol. The summed E-state index contributed by atoms with van der Waals surface area (Å²) >= 11 is 0. The number of hydrogen-bond acceptors (Lipinski definition) is 2. The van der Waals surface area contributed by atoms with E-state index in [9.17, 15) is 4.39 Å². The molecule has 102 valence electrons. The molecule has 2 rings (SSSR count). The molecule has 0 heterocycles. The molecule has 0 bridgehead atoms. The van der Waals surface area contributed by atoms with E-state index in [0.717, 1.165) is 12.8 Å². The fourth-order valence-corrected chi connectivity index (χ4v) is 2.23. The lowest BCUT2D eigenvalue weighted by molar-refractivity contribution is 0.0441. The summed E-state index contributed by atoms with van der Waals surface area (Å²) in [5.41, 5.74) is 1.22. The third-order valence-electron chi connectivity index (χ3n) is 3.30. The van der Waals surface area contributed by atoms with E-state index in [-0.39, 0.29) is 12.4 Å². The Morgan fingerprint density at radius 2 is 2.11 bits per heavy atom. The first kappa shape index (κ1) is 14.0. The van der Waals surface area contributed by atoms with Crippen LogP contribution < -0.4 is 0 Å². The van der Waals surface area contributed by atoms with Crippen LogP contribution in [0.3, 0.4) is 0 Å². The maximum absolute atomic E-state index is 13.8. The van der Waals surface area contributed by atoms with Gasteiger partial charge in [0.05, 0.1) is 19.3 Å². The number of aliphatic hydroxyl groups is 1. The van der Waals surface area contributed by atoms with Gasteiger partial charge in [0.25, 0.3) is 0 Å². The smallest absolute Gasteiger partial charge is 0.129 e. The number of rotatable bonds is 4. The molecule has 0 atom stereocenters. The lowest BCUT2D eigenvalue weighted by atomic mass is 10.1. The number of aliphatic hydroxyl groups excluding tert-OH is 1. The molecule has 1 N–H and O–H groups in total. The number of halogens is 1. The van der Waals surface area contributed by atoms with Gasteiger partial charge in [0, 0.05) is 17.5 Å². The zero-order valence-electron chi connectivity index (χ0n) is 11.0. The Hall–Kier alpha value is -1.37. The van der Waals surface area contributed by atoms with Gasteiger partial charge in [0.2, 0.25) is 0 Å². The highest BCUT2D eigenvalue weighted by Crippen LogP contribution is 2.22. The second-order valence-corrected chi connectivity index (χ2v) is 4.80. The van der Waals surface area contributed by atoms with Gasteiger partial charge in [0.1, 0.15) is 5.82 Å². The van der Waals surface area contributed by atoms with Crippen molar-refractivity contribution < 1.29 is 14.2 Å². The molecule has 3 heteroatoms. The molecule has 19 heavy (non-hydrogen) atoms. The first-order chi connectivity index (χ1) is 9.29. The molecule has 1 aliphatic rings. The van der Waals surface area contributed by atoms with Crippen molar-refractivity contribution in [3.8, 4) is 11.8 Å². The Balaban J connectivity index is 1.93. The highest BCUT2D eigenvalue weighted by atomic mass is 19.1. The highest BCUT2D eigenvalue weighted by Gasteiger charge is 2.15. The Bertz CT molecular complexity index is 467. The maximum Gasteiger partial charge on any atom is 0.129 e. The minimum atomic E-state index is -0.270.